The topological polar surface area (TPSA) is 99.9 Å². The second kappa shape index (κ2) is 8.81. The third-order valence-electron chi connectivity index (χ3n) is 4.68. The first-order valence-electron chi connectivity index (χ1n) is 9.41. The zero-order valence-corrected chi connectivity index (χ0v) is 18.3. The lowest BCUT2D eigenvalue weighted by Gasteiger charge is -2.15. The van der Waals surface area contributed by atoms with Crippen LogP contribution in [0.4, 0.5) is 0 Å². The van der Waals surface area contributed by atoms with E-state index >= 15 is 0 Å². The number of hydrogen-bond acceptors (Lipinski definition) is 6. The minimum absolute atomic E-state index is 0.194. The van der Waals surface area contributed by atoms with E-state index in [1.807, 2.05) is 0 Å². The van der Waals surface area contributed by atoms with Gasteiger partial charge in [-0.25, -0.2) is 4.79 Å². The van der Waals surface area contributed by atoms with E-state index in [0.29, 0.717) is 22.0 Å². The molecule has 7 nitrogen and oxygen atoms in total. The van der Waals surface area contributed by atoms with E-state index in [-0.39, 0.29) is 9.88 Å². The first-order chi connectivity index (χ1) is 15.3. The van der Waals surface area contributed by atoms with Crippen molar-refractivity contribution in [3.05, 3.63) is 88.0 Å². The number of aromatic carboxylic acids is 1. The van der Waals surface area contributed by atoms with E-state index in [4.69, 9.17) is 21.7 Å². The number of thioether (sulfide) groups is 1. The molecule has 1 aromatic heterocycles. The van der Waals surface area contributed by atoms with Crippen molar-refractivity contribution in [2.75, 3.05) is 0 Å². The number of hydrazine groups is 1. The molecule has 2 aromatic carbocycles. The summed E-state index contributed by atoms with van der Waals surface area (Å²) in [7, 11) is 0. The van der Waals surface area contributed by atoms with Gasteiger partial charge < -0.3 is 9.52 Å². The maximum Gasteiger partial charge on any atom is 0.335 e. The van der Waals surface area contributed by atoms with Gasteiger partial charge in [0.1, 0.15) is 11.5 Å². The summed E-state index contributed by atoms with van der Waals surface area (Å²) >= 11 is 6.30. The van der Waals surface area contributed by atoms with Crippen LogP contribution in [-0.4, -0.2) is 32.2 Å². The Morgan fingerprint density at radius 2 is 1.84 bits per heavy atom. The monoisotopic (exact) mass is 464 g/mol. The molecule has 0 bridgehead atoms. The number of thiocarbonyl (C=S) groups is 1. The Kier molecular flexibility index (Phi) is 5.93. The van der Waals surface area contributed by atoms with Crippen molar-refractivity contribution in [2.24, 2.45) is 0 Å². The number of carbonyl (C=O) groups excluding carboxylic acids is 2. The Morgan fingerprint density at radius 1 is 1.09 bits per heavy atom. The predicted octanol–water partition coefficient (Wildman–Crippen LogP) is 4.50. The smallest absolute Gasteiger partial charge is 0.335 e. The van der Waals surface area contributed by atoms with Crippen molar-refractivity contribution in [1.82, 2.24) is 10.4 Å². The van der Waals surface area contributed by atoms with Crippen LogP contribution in [0.5, 0.6) is 0 Å². The summed E-state index contributed by atoms with van der Waals surface area (Å²) in [6.45, 7) is 1.80. The molecule has 1 saturated heterocycles. The van der Waals surface area contributed by atoms with Gasteiger partial charge in [-0.1, -0.05) is 36.0 Å². The van der Waals surface area contributed by atoms with Crippen molar-refractivity contribution in [1.29, 1.82) is 0 Å². The lowest BCUT2D eigenvalue weighted by Crippen LogP contribution is -2.44. The molecule has 2 amide bonds. The lowest BCUT2D eigenvalue weighted by atomic mass is 10.0. The summed E-state index contributed by atoms with van der Waals surface area (Å²) in [5.41, 5.74) is 4.63. The first kappa shape index (κ1) is 21.5. The van der Waals surface area contributed by atoms with Gasteiger partial charge in [-0.05, 0) is 61.1 Å². The highest BCUT2D eigenvalue weighted by atomic mass is 32.2. The van der Waals surface area contributed by atoms with Crippen LogP contribution in [0.15, 0.2) is 70.0 Å². The Bertz CT molecular complexity index is 1280. The third-order valence-corrected chi connectivity index (χ3v) is 5.98. The van der Waals surface area contributed by atoms with Crippen molar-refractivity contribution < 1.29 is 23.9 Å². The van der Waals surface area contributed by atoms with Crippen LogP contribution < -0.4 is 5.43 Å². The molecule has 0 aliphatic carbocycles. The van der Waals surface area contributed by atoms with E-state index in [0.717, 1.165) is 27.9 Å². The molecular formula is C23H16N2O5S2. The van der Waals surface area contributed by atoms with E-state index in [1.54, 1.807) is 67.6 Å². The molecule has 3 aromatic rings. The number of nitrogens with one attached hydrogen (secondary N) is 1. The highest BCUT2D eigenvalue weighted by Gasteiger charge is 2.34. The maximum absolute atomic E-state index is 12.8. The fourth-order valence-corrected chi connectivity index (χ4v) is 4.26. The van der Waals surface area contributed by atoms with Crippen LogP contribution in [0.2, 0.25) is 0 Å². The van der Waals surface area contributed by atoms with E-state index in [2.05, 4.69) is 5.43 Å². The highest BCUT2D eigenvalue weighted by molar-refractivity contribution is 8.26. The van der Waals surface area contributed by atoms with E-state index < -0.39 is 17.8 Å². The molecule has 1 aliphatic heterocycles. The molecule has 0 spiro atoms. The molecule has 1 aliphatic rings. The van der Waals surface area contributed by atoms with Crippen molar-refractivity contribution in [2.45, 2.75) is 6.92 Å². The Hall–Kier alpha value is -3.69. The minimum Gasteiger partial charge on any atom is -0.478 e. The van der Waals surface area contributed by atoms with Crippen LogP contribution >= 0.6 is 24.0 Å². The number of aryl methyl sites for hydroxylation is 1. The maximum atomic E-state index is 12.8. The normalized spacial score (nSPS) is 14.8. The molecule has 0 saturated carbocycles. The molecule has 2 N–H and O–H groups in total. The molecule has 1 fully saturated rings. The van der Waals surface area contributed by atoms with Crippen molar-refractivity contribution in [3.63, 3.8) is 0 Å². The summed E-state index contributed by atoms with van der Waals surface area (Å²) in [4.78, 5) is 36.6. The average molecular weight is 465 g/mol. The second-order valence-electron chi connectivity index (χ2n) is 6.86. The summed E-state index contributed by atoms with van der Waals surface area (Å²) in [5.74, 6) is -0.927. The zero-order chi connectivity index (χ0) is 22.8. The lowest BCUT2D eigenvalue weighted by molar-refractivity contribution is -0.123. The number of carboxylic acids is 1. The van der Waals surface area contributed by atoms with Crippen LogP contribution in [-0.2, 0) is 4.79 Å². The molecule has 0 radical (unpaired) electrons. The molecule has 0 atom stereocenters. The molecule has 32 heavy (non-hydrogen) atoms. The van der Waals surface area contributed by atoms with Gasteiger partial charge in [0.05, 0.1) is 10.5 Å². The fraction of sp³-hybridized carbons (Fsp3) is 0.0435. The van der Waals surface area contributed by atoms with Crippen molar-refractivity contribution in [3.8, 4) is 11.3 Å². The summed E-state index contributed by atoms with van der Waals surface area (Å²) in [5, 5.41) is 10.2. The standard InChI is InChI=1S/C23H16N2O5S2/c1-13-11-15(22(28)29)7-9-17(13)18-10-8-16(30-18)12-19-21(27)25(23(31)32-19)24-20(26)14-5-3-2-4-6-14/h2-12H,1H3,(H,24,26)(H,28,29)/b19-12+. The number of carboxylic acid groups (broad SMARTS) is 1. The third kappa shape index (κ3) is 4.34. The van der Waals surface area contributed by atoms with Crippen LogP contribution in [0.1, 0.15) is 32.0 Å². The number of carbonyl (C=O) groups is 3. The number of nitrogens with zero attached hydrogens (tertiary/aromatic N) is 1. The zero-order valence-electron chi connectivity index (χ0n) is 16.7. The largest absolute Gasteiger partial charge is 0.478 e. The van der Waals surface area contributed by atoms with Gasteiger partial charge in [0.15, 0.2) is 4.32 Å². The molecule has 4 rings (SSSR count). The van der Waals surface area contributed by atoms with Crippen LogP contribution in [0, 0.1) is 6.92 Å². The summed E-state index contributed by atoms with van der Waals surface area (Å²) in [6.07, 6.45) is 1.55. The Morgan fingerprint density at radius 3 is 2.53 bits per heavy atom. The van der Waals surface area contributed by atoms with E-state index in [9.17, 15) is 14.4 Å². The average Bonchev–Trinajstić information content (AvgIpc) is 3.34. The van der Waals surface area contributed by atoms with Crippen molar-refractivity contribution >= 4 is 52.2 Å². The SMILES string of the molecule is Cc1cc(C(=O)O)ccc1-c1ccc(/C=C2/SC(=S)N(NC(=O)c3ccccc3)C2=O)o1. The quantitative estimate of drug-likeness (QED) is 0.424. The van der Waals surface area contributed by atoms with Gasteiger partial charge in [-0.3, -0.25) is 15.0 Å². The second-order valence-corrected chi connectivity index (χ2v) is 8.54. The molecule has 160 valence electrons. The predicted molar refractivity (Wildman–Crippen MR) is 125 cm³/mol. The minimum atomic E-state index is -0.999. The summed E-state index contributed by atoms with van der Waals surface area (Å²) < 4.78 is 6.05. The van der Waals surface area contributed by atoms with E-state index in [1.165, 1.54) is 6.07 Å². The first-order valence-corrected chi connectivity index (χ1v) is 10.6. The molecule has 9 heteroatoms. The molecule has 0 unspecified atom stereocenters. The van der Waals surface area contributed by atoms with Gasteiger partial charge in [0, 0.05) is 17.2 Å². The number of benzene rings is 2. The van der Waals surface area contributed by atoms with Gasteiger partial charge in [-0.15, -0.1) is 0 Å². The van der Waals surface area contributed by atoms with Crippen LogP contribution in [0.3, 0.4) is 0 Å². The Balaban J connectivity index is 1.52. The molecular weight excluding hydrogens is 448 g/mol. The number of amides is 2. The number of hydrogen-bond donors (Lipinski definition) is 2. The van der Waals surface area contributed by atoms with Gasteiger partial charge >= 0.3 is 5.97 Å². The van der Waals surface area contributed by atoms with Gasteiger partial charge in [0.25, 0.3) is 11.8 Å². The summed E-state index contributed by atoms with van der Waals surface area (Å²) in [6, 6.07) is 16.7. The number of rotatable bonds is 5. The Labute approximate surface area is 192 Å². The number of furan rings is 1. The fourth-order valence-electron chi connectivity index (χ4n) is 3.10. The van der Waals surface area contributed by atoms with Crippen LogP contribution in [0.25, 0.3) is 17.4 Å². The van der Waals surface area contributed by atoms with Gasteiger partial charge in [-0.2, -0.15) is 5.01 Å². The van der Waals surface area contributed by atoms with Gasteiger partial charge in [0.2, 0.25) is 0 Å². The molecule has 2 heterocycles. The highest BCUT2D eigenvalue weighted by Crippen LogP contribution is 2.33.